The minimum atomic E-state index is -3.38. The van der Waals surface area contributed by atoms with Gasteiger partial charge in [-0.15, -0.1) is 5.69 Å². The van der Waals surface area contributed by atoms with Crippen LogP contribution >= 0.6 is 0 Å². The predicted molar refractivity (Wildman–Crippen MR) is 59.6 cm³/mol. The number of aromatic nitrogens is 1. The van der Waals surface area contributed by atoms with E-state index >= 15 is 0 Å². The number of pyridine rings is 1. The molecule has 0 fully saturated rings. The number of hydrogen-bond acceptors (Lipinski definition) is 3. The summed E-state index contributed by atoms with van der Waals surface area (Å²) in [5.41, 5.74) is 0.987. The fraction of sp³-hybridized carbons (Fsp3) is 0.100. The van der Waals surface area contributed by atoms with Crippen molar-refractivity contribution in [1.82, 2.24) is 4.98 Å². The molecule has 0 N–H and O–H groups in total. The number of para-hydroxylation sites is 1. The molecule has 4 nitrogen and oxygen atoms in total. The summed E-state index contributed by atoms with van der Waals surface area (Å²) in [6, 6.07) is 8.92. The molecule has 1 aromatic heterocycles. The van der Waals surface area contributed by atoms with Crippen molar-refractivity contribution < 1.29 is 27.9 Å². The summed E-state index contributed by atoms with van der Waals surface area (Å²) in [5, 5.41) is 0.877. The first-order valence-electron chi connectivity index (χ1n) is 4.33. The molecule has 0 spiro atoms. The van der Waals surface area contributed by atoms with Gasteiger partial charge in [0.15, 0.2) is 0 Å². The number of nitrogens with zero attached hydrogens (tertiary/aromatic N) is 2. The van der Waals surface area contributed by atoms with E-state index in [0.717, 1.165) is 11.6 Å². The van der Waals surface area contributed by atoms with E-state index in [1.54, 1.807) is 24.4 Å². The number of fused-ring (bicyclic) bond motifs is 1. The molecule has 80 valence electrons. The summed E-state index contributed by atoms with van der Waals surface area (Å²) in [6.45, 7) is 0. The van der Waals surface area contributed by atoms with Gasteiger partial charge in [0, 0.05) is 31.9 Å². The van der Waals surface area contributed by atoms with Gasteiger partial charge in [0.25, 0.3) is 0 Å². The maximum absolute atomic E-state index is 11.0. The Morgan fingerprint density at radius 1 is 1.19 bits per heavy atom. The third kappa shape index (κ3) is 3.00. The molecule has 6 heteroatoms. The Balaban J connectivity index is 0.00000128. The second-order valence-corrected chi connectivity index (χ2v) is 4.83. The second kappa shape index (κ2) is 4.89. The van der Waals surface area contributed by atoms with E-state index in [9.17, 15) is 8.42 Å². The van der Waals surface area contributed by atoms with E-state index in [1.165, 1.54) is 0 Å². The summed E-state index contributed by atoms with van der Waals surface area (Å²) >= 11 is 0. The van der Waals surface area contributed by atoms with Crippen molar-refractivity contribution in [3.63, 3.8) is 0 Å². The summed E-state index contributed by atoms with van der Waals surface area (Å²) in [4.78, 5) is 4.11. The Kier molecular flexibility index (Phi) is 4.00. The van der Waals surface area contributed by atoms with Crippen LogP contribution in [0.2, 0.25) is 0 Å². The van der Waals surface area contributed by atoms with Crippen molar-refractivity contribution >= 4 is 26.6 Å². The van der Waals surface area contributed by atoms with Crippen LogP contribution in [0.15, 0.2) is 36.5 Å². The van der Waals surface area contributed by atoms with Crippen LogP contribution in [0.5, 0.6) is 0 Å². The average molecular weight is 287 g/mol. The van der Waals surface area contributed by atoms with Crippen molar-refractivity contribution in [2.45, 2.75) is 0 Å². The van der Waals surface area contributed by atoms with E-state index in [0.29, 0.717) is 11.2 Å². The Hall–Kier alpha value is -0.997. The van der Waals surface area contributed by atoms with E-state index < -0.39 is 10.0 Å². The third-order valence-corrected chi connectivity index (χ3v) is 2.40. The molecule has 0 atom stereocenters. The minimum absolute atomic E-state index is 0. The predicted octanol–water partition coefficient (Wildman–Crippen LogP) is 2.20. The molecule has 0 unspecified atom stereocenters. The van der Waals surface area contributed by atoms with Crippen LogP contribution in [0.4, 0.5) is 5.69 Å². The van der Waals surface area contributed by atoms with Gasteiger partial charge in [-0.3, -0.25) is 4.98 Å². The molecular weight excluding hydrogens is 278 g/mol. The van der Waals surface area contributed by atoms with Crippen LogP contribution in [0.1, 0.15) is 0 Å². The van der Waals surface area contributed by atoms with Crippen LogP contribution < -0.4 is 0 Å². The third-order valence-electron chi connectivity index (χ3n) is 1.88. The van der Waals surface area contributed by atoms with Gasteiger partial charge in [-0.05, 0) is 11.5 Å². The molecule has 0 amide bonds. The van der Waals surface area contributed by atoms with Gasteiger partial charge in [-0.1, -0.05) is 24.3 Å². The Morgan fingerprint density at radius 3 is 2.56 bits per heavy atom. The molecule has 0 saturated heterocycles. The van der Waals surface area contributed by atoms with Gasteiger partial charge >= 0.3 is 0 Å². The van der Waals surface area contributed by atoms with E-state index in [4.69, 9.17) is 0 Å². The summed E-state index contributed by atoms with van der Waals surface area (Å²) in [6.07, 6.45) is 2.68. The Bertz CT molecular complexity index is 593. The summed E-state index contributed by atoms with van der Waals surface area (Å²) in [5.74, 6) is 0. The van der Waals surface area contributed by atoms with Crippen LogP contribution in [0.3, 0.4) is 0 Å². The normalized spacial score (nSPS) is 10.8. The molecular formula is C10H9N2O2SZn-. The maximum atomic E-state index is 11.0. The van der Waals surface area contributed by atoms with Crippen molar-refractivity contribution in [2.24, 2.45) is 0 Å². The number of sulfonamides is 1. The smallest absolute Gasteiger partial charge is 0.0909 e. The molecule has 2 aromatic rings. The van der Waals surface area contributed by atoms with E-state index in [1.807, 2.05) is 12.1 Å². The zero-order valence-electron chi connectivity index (χ0n) is 8.79. The van der Waals surface area contributed by atoms with Gasteiger partial charge in [0.05, 0.1) is 15.5 Å². The van der Waals surface area contributed by atoms with Gasteiger partial charge in [0.1, 0.15) is 0 Å². The largest absolute Gasteiger partial charge is 0.575 e. The molecule has 1 aromatic carbocycles. The fourth-order valence-corrected chi connectivity index (χ4v) is 1.85. The number of hydrogen-bond donors (Lipinski definition) is 0. The summed E-state index contributed by atoms with van der Waals surface area (Å²) in [7, 11) is -3.38. The first-order chi connectivity index (χ1) is 7.06. The minimum Gasteiger partial charge on any atom is -0.575 e. The Morgan fingerprint density at radius 2 is 1.88 bits per heavy atom. The van der Waals surface area contributed by atoms with Crippen LogP contribution in [-0.4, -0.2) is 19.7 Å². The molecule has 0 radical (unpaired) electrons. The van der Waals surface area contributed by atoms with Gasteiger partial charge in [-0.25, -0.2) is 8.42 Å². The Labute approximate surface area is 107 Å². The zero-order chi connectivity index (χ0) is 10.9. The van der Waals surface area contributed by atoms with Crippen molar-refractivity contribution in [3.05, 3.63) is 41.3 Å². The number of rotatable bonds is 2. The SMILES string of the molecule is CS(=O)(=O)[N-]c1cccc2cccnc12.[Zn]. The van der Waals surface area contributed by atoms with Crippen molar-refractivity contribution in [2.75, 3.05) is 6.26 Å². The van der Waals surface area contributed by atoms with E-state index in [-0.39, 0.29) is 19.5 Å². The maximum Gasteiger partial charge on any atom is 0.0909 e. The van der Waals surface area contributed by atoms with Gasteiger partial charge in [0.2, 0.25) is 0 Å². The fourth-order valence-electron chi connectivity index (χ4n) is 1.34. The average Bonchev–Trinajstić information content (AvgIpc) is 2.16. The van der Waals surface area contributed by atoms with Crippen molar-refractivity contribution in [3.8, 4) is 0 Å². The molecule has 0 aliphatic rings. The monoisotopic (exact) mass is 285 g/mol. The molecule has 0 aliphatic heterocycles. The van der Waals surface area contributed by atoms with E-state index in [2.05, 4.69) is 9.71 Å². The number of benzene rings is 1. The molecule has 0 aliphatic carbocycles. The molecule has 2 rings (SSSR count). The van der Waals surface area contributed by atoms with Crippen molar-refractivity contribution in [1.29, 1.82) is 0 Å². The molecule has 16 heavy (non-hydrogen) atoms. The van der Waals surface area contributed by atoms with Crippen LogP contribution in [-0.2, 0) is 29.5 Å². The molecule has 0 bridgehead atoms. The quantitative estimate of drug-likeness (QED) is 0.795. The molecule has 1 heterocycles. The van der Waals surface area contributed by atoms with Crippen LogP contribution in [0, 0.1) is 0 Å². The standard InChI is InChI=1S/C10H9N2O2S.Zn/c1-15(13,14)12-9-6-2-4-8-5-3-7-11-10(8)9;/h2-7H,1H3;/q-1;. The van der Waals surface area contributed by atoms with Crippen LogP contribution in [0.25, 0.3) is 15.6 Å². The van der Waals surface area contributed by atoms with Gasteiger partial charge < -0.3 is 4.72 Å². The second-order valence-electron chi connectivity index (χ2n) is 3.18. The zero-order valence-corrected chi connectivity index (χ0v) is 12.6. The topological polar surface area (TPSA) is 61.1 Å². The van der Waals surface area contributed by atoms with Gasteiger partial charge in [-0.2, -0.15) is 0 Å². The molecule has 0 saturated carbocycles. The first kappa shape index (κ1) is 13.1. The summed E-state index contributed by atoms with van der Waals surface area (Å²) < 4.78 is 25.7. The first-order valence-corrected chi connectivity index (χ1v) is 6.18.